The Hall–Kier alpha value is -3.76. The number of aryl methyl sites for hydroxylation is 2. The highest BCUT2D eigenvalue weighted by Crippen LogP contribution is 2.31. The lowest BCUT2D eigenvalue weighted by atomic mass is 9.87. The molecule has 0 unspecified atom stereocenters. The van der Waals surface area contributed by atoms with Gasteiger partial charge in [0.15, 0.2) is 0 Å². The van der Waals surface area contributed by atoms with E-state index in [1.54, 1.807) is 11.8 Å². The summed E-state index contributed by atoms with van der Waals surface area (Å²) >= 11 is 0. The molecule has 0 spiro atoms. The van der Waals surface area contributed by atoms with Crippen LogP contribution in [0.5, 0.6) is 11.6 Å². The van der Waals surface area contributed by atoms with E-state index in [0.29, 0.717) is 54.0 Å². The molecule has 37 heavy (non-hydrogen) atoms. The van der Waals surface area contributed by atoms with Crippen molar-refractivity contribution in [1.82, 2.24) is 29.9 Å². The van der Waals surface area contributed by atoms with Crippen molar-refractivity contribution in [2.45, 2.75) is 71.4 Å². The van der Waals surface area contributed by atoms with Gasteiger partial charge in [0.05, 0.1) is 48.5 Å². The molecule has 0 aliphatic heterocycles. The molecule has 0 amide bonds. The second-order valence-corrected chi connectivity index (χ2v) is 10.5. The second kappa shape index (κ2) is 10.7. The number of rotatable bonds is 8. The average molecular weight is 510 g/mol. The van der Waals surface area contributed by atoms with Crippen molar-refractivity contribution >= 4 is 11.9 Å². The van der Waals surface area contributed by atoms with Gasteiger partial charge >= 0.3 is 5.97 Å². The highest BCUT2D eigenvalue weighted by Gasteiger charge is 2.28. The summed E-state index contributed by atoms with van der Waals surface area (Å²) in [6, 6.07) is 5.56. The topological polar surface area (TPSA) is 137 Å². The van der Waals surface area contributed by atoms with Crippen LogP contribution in [0.1, 0.15) is 63.5 Å². The number of pyridine rings is 1. The number of aromatic nitrogens is 6. The molecule has 0 bridgehead atoms. The Balaban J connectivity index is 1.51. The number of carboxylic acids is 1. The molecule has 1 fully saturated rings. The van der Waals surface area contributed by atoms with Crippen LogP contribution in [0.4, 0.5) is 5.95 Å². The monoisotopic (exact) mass is 509 g/mol. The zero-order valence-corrected chi connectivity index (χ0v) is 22.3. The molecule has 3 aromatic heterocycles. The van der Waals surface area contributed by atoms with E-state index in [1.807, 2.05) is 32.2 Å². The fraction of sp³-hybridized carbons (Fsp3) is 0.538. The molecule has 0 aromatic carbocycles. The molecule has 11 heteroatoms. The molecule has 1 aliphatic carbocycles. The molecule has 3 heterocycles. The van der Waals surface area contributed by atoms with Gasteiger partial charge in [-0.25, -0.2) is 14.6 Å². The number of hydrogen-bond donors (Lipinski definition) is 2. The average Bonchev–Trinajstić information content (AvgIpc) is 3.23. The van der Waals surface area contributed by atoms with Gasteiger partial charge in [0.2, 0.25) is 11.8 Å². The van der Waals surface area contributed by atoms with E-state index < -0.39 is 5.97 Å². The van der Waals surface area contributed by atoms with E-state index in [2.05, 4.69) is 46.4 Å². The van der Waals surface area contributed by atoms with Crippen molar-refractivity contribution in [3.63, 3.8) is 0 Å². The number of nitrogens with zero attached hydrogens (tertiary/aromatic N) is 6. The van der Waals surface area contributed by atoms with Crippen molar-refractivity contribution in [3.8, 4) is 23.0 Å². The fourth-order valence-corrected chi connectivity index (χ4v) is 4.39. The predicted molar refractivity (Wildman–Crippen MR) is 138 cm³/mol. The van der Waals surface area contributed by atoms with Crippen LogP contribution >= 0.6 is 0 Å². The van der Waals surface area contributed by atoms with Gasteiger partial charge in [0.25, 0.3) is 0 Å². The van der Waals surface area contributed by atoms with Crippen LogP contribution < -0.4 is 14.8 Å². The fourth-order valence-electron chi connectivity index (χ4n) is 4.39. The molecule has 3 aromatic rings. The van der Waals surface area contributed by atoms with Gasteiger partial charge in [0.1, 0.15) is 11.4 Å². The number of aliphatic carboxylic acids is 1. The smallest absolute Gasteiger partial charge is 0.306 e. The Labute approximate surface area is 216 Å². The van der Waals surface area contributed by atoms with Crippen LogP contribution in [-0.4, -0.2) is 54.2 Å². The lowest BCUT2D eigenvalue weighted by Crippen LogP contribution is -2.29. The van der Waals surface area contributed by atoms with Crippen LogP contribution in [0.25, 0.3) is 11.4 Å². The molecular weight excluding hydrogens is 474 g/mol. The number of carbonyl (C=O) groups is 1. The predicted octanol–water partition coefficient (Wildman–Crippen LogP) is 3.92. The highest BCUT2D eigenvalue weighted by atomic mass is 16.5. The largest absolute Gasteiger partial charge is 0.489 e. The lowest BCUT2D eigenvalue weighted by Gasteiger charge is -2.27. The maximum atomic E-state index is 11.4. The summed E-state index contributed by atoms with van der Waals surface area (Å²) in [6.07, 6.45) is 2.77. The van der Waals surface area contributed by atoms with Crippen molar-refractivity contribution in [2.75, 3.05) is 12.4 Å². The van der Waals surface area contributed by atoms with Gasteiger partial charge in [-0.1, -0.05) is 26.0 Å². The third-order valence-corrected chi connectivity index (χ3v) is 6.59. The van der Waals surface area contributed by atoms with E-state index in [-0.39, 0.29) is 17.4 Å². The third-order valence-electron chi connectivity index (χ3n) is 6.59. The number of nitrogens with one attached hydrogen (secondary N) is 1. The zero-order chi connectivity index (χ0) is 26.7. The van der Waals surface area contributed by atoms with Gasteiger partial charge in [-0.3, -0.25) is 4.79 Å². The van der Waals surface area contributed by atoms with Crippen LogP contribution in [-0.2, 0) is 23.8 Å². The number of methoxy groups -OCH3 is 1. The third kappa shape index (κ3) is 6.15. The van der Waals surface area contributed by atoms with E-state index in [1.165, 1.54) is 0 Å². The van der Waals surface area contributed by atoms with Crippen LogP contribution in [0.2, 0.25) is 0 Å². The summed E-state index contributed by atoms with van der Waals surface area (Å²) in [7, 11) is 3.41. The Kier molecular flexibility index (Phi) is 7.60. The van der Waals surface area contributed by atoms with E-state index in [9.17, 15) is 9.90 Å². The number of ether oxygens (including phenoxy) is 2. The minimum absolute atomic E-state index is 0.127. The molecule has 1 saturated carbocycles. The van der Waals surface area contributed by atoms with Gasteiger partial charge in [-0.05, 0) is 44.7 Å². The first-order valence-corrected chi connectivity index (χ1v) is 12.5. The first kappa shape index (κ1) is 26.3. The molecule has 0 saturated heterocycles. The first-order chi connectivity index (χ1) is 17.5. The first-order valence-electron chi connectivity index (χ1n) is 12.5. The summed E-state index contributed by atoms with van der Waals surface area (Å²) < 4.78 is 13.2. The minimum Gasteiger partial charge on any atom is -0.489 e. The normalized spacial score (nSPS) is 17.9. The molecule has 0 radical (unpaired) electrons. The molecule has 11 nitrogen and oxygen atoms in total. The Bertz CT molecular complexity index is 1270. The van der Waals surface area contributed by atoms with Gasteiger partial charge in [-0.2, -0.15) is 4.98 Å². The molecule has 2 N–H and O–H groups in total. The Morgan fingerprint density at radius 2 is 2.00 bits per heavy atom. The number of hydrogen-bond acceptors (Lipinski definition) is 9. The summed E-state index contributed by atoms with van der Waals surface area (Å²) in [4.78, 5) is 25.2. The van der Waals surface area contributed by atoms with E-state index >= 15 is 0 Å². The Morgan fingerprint density at radius 1 is 1.22 bits per heavy atom. The summed E-state index contributed by atoms with van der Waals surface area (Å²) in [6.45, 7) is 8.52. The summed E-state index contributed by atoms with van der Waals surface area (Å²) in [5.41, 5.74) is 3.55. The lowest BCUT2D eigenvalue weighted by molar-refractivity contribution is -0.143. The zero-order valence-electron chi connectivity index (χ0n) is 22.3. The SMILES string of the molecule is COc1cc(C(C)(C)C)nc(NCc2c(-c3ccc(O[C@H]4CCC[C@H](C(=O)O)C4)c(C)n3)nnn2C)n1. The quantitative estimate of drug-likeness (QED) is 0.459. The maximum absolute atomic E-state index is 11.4. The molecule has 1 aliphatic rings. The van der Waals surface area contributed by atoms with Crippen molar-refractivity contribution in [2.24, 2.45) is 13.0 Å². The summed E-state index contributed by atoms with van der Waals surface area (Å²) in [5.74, 6) is 0.496. The minimum atomic E-state index is -0.753. The van der Waals surface area contributed by atoms with Crippen molar-refractivity contribution in [3.05, 3.63) is 35.3 Å². The van der Waals surface area contributed by atoms with Crippen LogP contribution in [0, 0.1) is 12.8 Å². The standard InChI is InChI=1S/C26H35N7O4/c1-15-20(37-17-9-7-8-16(12-17)24(34)35)11-10-18(28-15)23-19(33(5)32-31-23)14-27-25-29-21(26(2,3)4)13-22(30-25)36-6/h10-11,13,16-17H,7-9,12,14H2,1-6H3,(H,34,35)(H,27,29,30)/t16-,17-/m0/s1. The van der Waals surface area contributed by atoms with Crippen molar-refractivity contribution in [1.29, 1.82) is 0 Å². The van der Waals surface area contributed by atoms with Crippen LogP contribution in [0.3, 0.4) is 0 Å². The maximum Gasteiger partial charge on any atom is 0.306 e. The Morgan fingerprint density at radius 3 is 2.68 bits per heavy atom. The van der Waals surface area contributed by atoms with E-state index in [4.69, 9.17) is 14.5 Å². The number of anilines is 1. The van der Waals surface area contributed by atoms with Gasteiger partial charge in [0, 0.05) is 18.5 Å². The molecule has 198 valence electrons. The van der Waals surface area contributed by atoms with Gasteiger partial charge < -0.3 is 19.9 Å². The van der Waals surface area contributed by atoms with E-state index in [0.717, 1.165) is 24.2 Å². The number of carboxylic acid groups (broad SMARTS) is 1. The van der Waals surface area contributed by atoms with Gasteiger partial charge in [-0.15, -0.1) is 5.10 Å². The second-order valence-electron chi connectivity index (χ2n) is 10.5. The van der Waals surface area contributed by atoms with Crippen molar-refractivity contribution < 1.29 is 19.4 Å². The summed E-state index contributed by atoms with van der Waals surface area (Å²) in [5, 5.41) is 21.2. The molecule has 2 atom stereocenters. The highest BCUT2D eigenvalue weighted by molar-refractivity contribution is 5.70. The molecule has 4 rings (SSSR count). The van der Waals surface area contributed by atoms with Crippen LogP contribution in [0.15, 0.2) is 18.2 Å². The molecular formula is C26H35N7O4.